The van der Waals surface area contributed by atoms with Gasteiger partial charge >= 0.3 is 11.7 Å². The second kappa shape index (κ2) is 15.5. The summed E-state index contributed by atoms with van der Waals surface area (Å²) in [5.41, 5.74) is 2.03. The number of phenolic OH excluding ortho intramolecular Hbond substituents is 1. The van der Waals surface area contributed by atoms with Crippen LogP contribution >= 0.6 is 0 Å². The van der Waals surface area contributed by atoms with Crippen molar-refractivity contribution >= 4 is 17.1 Å². The smallest absolute Gasteiger partial charge is 0.332 e. The van der Waals surface area contributed by atoms with Crippen LogP contribution in [0.3, 0.4) is 0 Å². The third-order valence-corrected chi connectivity index (χ3v) is 11.1. The number of rotatable bonds is 15. The number of nitrogens with zero attached hydrogens (tertiary/aromatic N) is 4. The highest BCUT2D eigenvalue weighted by molar-refractivity contribution is 5.76. The highest BCUT2D eigenvalue weighted by atomic mass is 16.6. The fraction of sp³-hybridized carbons (Fsp3) is 0.692. The largest absolute Gasteiger partial charge is 0.507 e. The van der Waals surface area contributed by atoms with E-state index in [1.54, 1.807) is 18.7 Å². The molecule has 0 amide bonds. The topological polar surface area (TPSA) is 118 Å². The van der Waals surface area contributed by atoms with E-state index < -0.39 is 28.9 Å². The Morgan fingerprint density at radius 2 is 1.49 bits per heavy atom. The van der Waals surface area contributed by atoms with E-state index in [2.05, 4.69) is 32.7 Å². The molecule has 1 unspecified atom stereocenters. The van der Waals surface area contributed by atoms with Gasteiger partial charge in [0.2, 0.25) is 0 Å². The van der Waals surface area contributed by atoms with E-state index in [9.17, 15) is 19.5 Å². The van der Waals surface area contributed by atoms with Crippen molar-refractivity contribution in [1.29, 1.82) is 0 Å². The van der Waals surface area contributed by atoms with Gasteiger partial charge in [-0.2, -0.15) is 0 Å². The first-order valence-electron chi connectivity index (χ1n) is 18.3. The molecule has 1 aliphatic heterocycles. The molecule has 4 atom stereocenters. The number of hydrogen-bond acceptors (Lipinski definition) is 7. The number of aryl methyl sites for hydroxylation is 2. The van der Waals surface area contributed by atoms with Crippen LogP contribution in [0.2, 0.25) is 0 Å². The zero-order valence-electron chi connectivity index (χ0n) is 31.9. The number of carbonyl (C=O) groups excluding carboxylic acids is 1. The van der Waals surface area contributed by atoms with Gasteiger partial charge in [0.1, 0.15) is 35.4 Å². The molecule has 10 heteroatoms. The van der Waals surface area contributed by atoms with Crippen molar-refractivity contribution in [2.75, 3.05) is 0 Å². The van der Waals surface area contributed by atoms with E-state index in [0.717, 1.165) is 57.2 Å². The molecule has 0 spiro atoms. The summed E-state index contributed by atoms with van der Waals surface area (Å²) in [6, 6.07) is 0. The van der Waals surface area contributed by atoms with Crippen molar-refractivity contribution in [2.45, 2.75) is 138 Å². The van der Waals surface area contributed by atoms with Gasteiger partial charge in [0.05, 0.1) is 0 Å². The van der Waals surface area contributed by atoms with Crippen LogP contribution in [-0.4, -0.2) is 41.5 Å². The molecule has 272 valence electrons. The van der Waals surface area contributed by atoms with Crippen LogP contribution in [0.15, 0.2) is 9.59 Å². The van der Waals surface area contributed by atoms with Gasteiger partial charge in [0.25, 0.3) is 5.56 Å². The number of phenols is 1. The minimum atomic E-state index is -0.778. The zero-order valence-corrected chi connectivity index (χ0v) is 31.9. The lowest BCUT2D eigenvalue weighted by Gasteiger charge is -2.43. The first kappa shape index (κ1) is 38.2. The Balaban J connectivity index is 1.48. The van der Waals surface area contributed by atoms with Gasteiger partial charge in [-0.3, -0.25) is 18.7 Å². The molecular weight excluding hydrogens is 620 g/mol. The Morgan fingerprint density at radius 3 is 2.10 bits per heavy atom. The molecule has 1 N–H and O–H groups in total. The van der Waals surface area contributed by atoms with Crippen LogP contribution in [0.4, 0.5) is 0 Å². The average molecular weight is 681 g/mol. The van der Waals surface area contributed by atoms with E-state index >= 15 is 0 Å². The maximum atomic E-state index is 13.6. The summed E-state index contributed by atoms with van der Waals surface area (Å²) in [4.78, 5) is 43.5. The quantitative estimate of drug-likeness (QED) is 0.174. The average Bonchev–Trinajstić information content (AvgIpc) is 3.36. The molecular formula is C39H60N4O6. The van der Waals surface area contributed by atoms with Gasteiger partial charge in [-0.25, -0.2) is 9.78 Å². The van der Waals surface area contributed by atoms with Gasteiger partial charge in [0, 0.05) is 33.1 Å². The van der Waals surface area contributed by atoms with E-state index in [1.165, 1.54) is 50.1 Å². The van der Waals surface area contributed by atoms with Crippen molar-refractivity contribution in [3.63, 3.8) is 0 Å². The Bertz CT molecular complexity index is 1780. The number of aromatic nitrogens is 4. The van der Waals surface area contributed by atoms with Crippen molar-refractivity contribution in [3.05, 3.63) is 48.9 Å². The molecule has 49 heavy (non-hydrogen) atoms. The molecule has 0 radical (unpaired) electrons. The van der Waals surface area contributed by atoms with E-state index in [-0.39, 0.29) is 23.3 Å². The number of ether oxygens (including phenoxy) is 2. The normalized spacial score (nSPS) is 18.8. The van der Waals surface area contributed by atoms with E-state index in [1.807, 2.05) is 27.7 Å². The summed E-state index contributed by atoms with van der Waals surface area (Å²) in [5.74, 6) is 2.99. The van der Waals surface area contributed by atoms with Gasteiger partial charge in [0.15, 0.2) is 11.2 Å². The predicted molar refractivity (Wildman–Crippen MR) is 195 cm³/mol. The molecule has 1 aliphatic rings. The summed E-state index contributed by atoms with van der Waals surface area (Å²) in [6.45, 7) is 17.1. The SMILES string of the molecule is Cc1c(C)c2c(c(C)c1O)CC(OC(=O)Cc1nc3c(c(=O)n(C)c(=O)n3C)n1C)[C@](C)(CCC[C@H](C)CCC[C@@H](C)CCCC(C)C)O2. The first-order valence-corrected chi connectivity index (χ1v) is 18.3. The minimum Gasteiger partial charge on any atom is -0.507 e. The van der Waals surface area contributed by atoms with Gasteiger partial charge < -0.3 is 19.1 Å². The third kappa shape index (κ3) is 8.26. The number of aromatic hydroxyl groups is 1. The fourth-order valence-corrected chi connectivity index (χ4v) is 7.46. The standard InChI is InChI=1S/C39H60N4O6/c1-23(2)15-12-16-24(3)17-13-18-25(4)19-14-20-39(8)30(21-29-28(7)34(45)26(5)27(6)35(29)49-39)48-32(44)22-31-40-36-33(41(31)9)37(46)43(11)38(47)42(36)10/h23-25,30,45H,12-22H2,1-11H3/t24-,25+,30?,39-/m0/s1. The van der Waals surface area contributed by atoms with Crippen molar-refractivity contribution in [2.24, 2.45) is 38.9 Å². The highest BCUT2D eigenvalue weighted by Crippen LogP contribution is 2.45. The molecule has 3 heterocycles. The summed E-state index contributed by atoms with van der Waals surface area (Å²) < 4.78 is 17.0. The summed E-state index contributed by atoms with van der Waals surface area (Å²) in [6.07, 6.45) is 10.0. The molecule has 10 nitrogen and oxygen atoms in total. The predicted octanol–water partition coefficient (Wildman–Crippen LogP) is 6.89. The summed E-state index contributed by atoms with van der Waals surface area (Å²) in [7, 11) is 4.64. The molecule has 2 aromatic heterocycles. The van der Waals surface area contributed by atoms with Crippen molar-refractivity contribution in [1.82, 2.24) is 18.7 Å². The lowest BCUT2D eigenvalue weighted by molar-refractivity contribution is -0.163. The Kier molecular flexibility index (Phi) is 12.1. The minimum absolute atomic E-state index is 0.175. The molecule has 0 saturated heterocycles. The maximum Gasteiger partial charge on any atom is 0.332 e. The molecule has 0 saturated carbocycles. The summed E-state index contributed by atoms with van der Waals surface area (Å²) in [5, 5.41) is 10.9. The lowest BCUT2D eigenvalue weighted by atomic mass is 9.81. The molecule has 0 fully saturated rings. The molecule has 0 bridgehead atoms. The summed E-state index contributed by atoms with van der Waals surface area (Å²) >= 11 is 0. The van der Waals surface area contributed by atoms with E-state index in [4.69, 9.17) is 9.47 Å². The maximum absolute atomic E-state index is 13.6. The second-order valence-electron chi connectivity index (χ2n) is 15.6. The Hall–Kier alpha value is -3.56. The Labute approximate surface area is 291 Å². The molecule has 3 aromatic rings. The van der Waals surface area contributed by atoms with Crippen molar-refractivity contribution < 1.29 is 19.4 Å². The van der Waals surface area contributed by atoms with Crippen LogP contribution in [-0.2, 0) is 43.5 Å². The van der Waals surface area contributed by atoms with Crippen LogP contribution < -0.4 is 16.0 Å². The van der Waals surface area contributed by atoms with Gasteiger partial charge in [-0.05, 0) is 75.0 Å². The number of imidazole rings is 1. The second-order valence-corrected chi connectivity index (χ2v) is 15.6. The number of benzene rings is 1. The number of carbonyl (C=O) groups is 1. The number of fused-ring (bicyclic) bond motifs is 2. The van der Waals surface area contributed by atoms with Crippen LogP contribution in [0, 0.1) is 38.5 Å². The van der Waals surface area contributed by atoms with E-state index in [0.29, 0.717) is 24.6 Å². The fourth-order valence-electron chi connectivity index (χ4n) is 7.46. The number of esters is 1. The molecule has 1 aromatic carbocycles. The van der Waals surface area contributed by atoms with Crippen LogP contribution in [0.25, 0.3) is 11.2 Å². The Morgan fingerprint density at radius 1 is 0.898 bits per heavy atom. The van der Waals surface area contributed by atoms with Crippen LogP contribution in [0.5, 0.6) is 11.5 Å². The highest BCUT2D eigenvalue weighted by Gasteiger charge is 2.45. The zero-order chi connectivity index (χ0) is 36.4. The van der Waals surface area contributed by atoms with Gasteiger partial charge in [-0.15, -0.1) is 0 Å². The third-order valence-electron chi connectivity index (χ3n) is 11.1. The van der Waals surface area contributed by atoms with Crippen molar-refractivity contribution in [3.8, 4) is 11.5 Å². The lowest BCUT2D eigenvalue weighted by Crippen LogP contribution is -2.51. The first-order chi connectivity index (χ1) is 23.0. The monoisotopic (exact) mass is 680 g/mol. The molecule has 4 rings (SSSR count). The number of hydrogen-bond donors (Lipinski definition) is 1. The van der Waals surface area contributed by atoms with Gasteiger partial charge in [-0.1, -0.05) is 72.6 Å². The molecule has 0 aliphatic carbocycles. The van der Waals surface area contributed by atoms with Crippen LogP contribution in [0.1, 0.15) is 120 Å².